The van der Waals surface area contributed by atoms with Crippen LogP contribution in [0.3, 0.4) is 0 Å². The van der Waals surface area contributed by atoms with E-state index in [1.54, 1.807) is 62.7 Å². The number of likely N-dealkylation sites (N-methyl/N-ethyl adjacent to an activating group) is 1. The average Bonchev–Trinajstić information content (AvgIpc) is 2.67. The Balaban J connectivity index is 1.64. The van der Waals surface area contributed by atoms with Crippen molar-refractivity contribution in [2.45, 2.75) is 0 Å². The van der Waals surface area contributed by atoms with Crippen molar-refractivity contribution in [3.05, 3.63) is 70.6 Å². The van der Waals surface area contributed by atoms with Crippen LogP contribution in [0.25, 0.3) is 11.0 Å². The van der Waals surface area contributed by atoms with Crippen LogP contribution in [0.5, 0.6) is 11.5 Å². The first kappa shape index (κ1) is 17.5. The molecule has 1 amide bonds. The van der Waals surface area contributed by atoms with Gasteiger partial charge in [-0.1, -0.05) is 18.2 Å². The number of methoxy groups -OCH3 is 1. The highest BCUT2D eigenvalue weighted by Crippen LogP contribution is 2.17. The minimum atomic E-state index is -0.642. The molecule has 1 aromatic heterocycles. The van der Waals surface area contributed by atoms with Crippen molar-refractivity contribution in [2.24, 2.45) is 0 Å². The molecule has 0 radical (unpaired) electrons. The third-order valence-corrected chi connectivity index (χ3v) is 3.97. The molecule has 6 nitrogen and oxygen atoms in total. The molecule has 134 valence electrons. The molecular weight excluding hydrogens is 334 g/mol. The van der Waals surface area contributed by atoms with Gasteiger partial charge < -0.3 is 18.8 Å². The van der Waals surface area contributed by atoms with Gasteiger partial charge >= 0.3 is 5.63 Å². The number of hydrogen-bond donors (Lipinski definition) is 0. The van der Waals surface area contributed by atoms with Gasteiger partial charge in [0.15, 0.2) is 0 Å². The summed E-state index contributed by atoms with van der Waals surface area (Å²) in [5.41, 5.74) is -0.174. The molecule has 3 aromatic rings. The predicted octanol–water partition coefficient (Wildman–Crippen LogP) is 2.95. The summed E-state index contributed by atoms with van der Waals surface area (Å²) in [4.78, 5) is 26.0. The Morgan fingerprint density at radius 3 is 2.50 bits per heavy atom. The Morgan fingerprint density at radius 2 is 1.77 bits per heavy atom. The van der Waals surface area contributed by atoms with Crippen LogP contribution in [0.2, 0.25) is 0 Å². The fraction of sp³-hybridized carbons (Fsp3) is 0.200. The van der Waals surface area contributed by atoms with Crippen molar-refractivity contribution >= 4 is 16.9 Å². The second-order valence-corrected chi connectivity index (χ2v) is 5.74. The molecule has 6 heteroatoms. The highest BCUT2D eigenvalue weighted by Gasteiger charge is 2.17. The zero-order valence-electron chi connectivity index (χ0n) is 14.6. The summed E-state index contributed by atoms with van der Waals surface area (Å²) in [6.07, 6.45) is 0. The van der Waals surface area contributed by atoms with E-state index < -0.39 is 11.5 Å². The van der Waals surface area contributed by atoms with E-state index in [1.807, 2.05) is 6.07 Å². The standard InChI is InChI=1S/C20H19NO5/c1-21(11-12-25-16-9-7-15(24-2)8-10-16)19(22)17-13-14-5-3-4-6-18(14)26-20(17)23/h3-10,13H,11-12H2,1-2H3. The number of fused-ring (bicyclic) bond motifs is 1. The molecule has 0 bridgehead atoms. The Bertz CT molecular complexity index is 962. The van der Waals surface area contributed by atoms with Gasteiger partial charge in [0.2, 0.25) is 0 Å². The maximum atomic E-state index is 12.5. The Morgan fingerprint density at radius 1 is 1.08 bits per heavy atom. The van der Waals surface area contributed by atoms with E-state index in [0.717, 1.165) is 5.75 Å². The summed E-state index contributed by atoms with van der Waals surface area (Å²) in [5, 5.41) is 0.707. The lowest BCUT2D eigenvalue weighted by molar-refractivity contribution is 0.0770. The van der Waals surface area contributed by atoms with Crippen molar-refractivity contribution in [1.82, 2.24) is 4.90 Å². The quantitative estimate of drug-likeness (QED) is 0.637. The fourth-order valence-corrected chi connectivity index (χ4v) is 2.49. The highest BCUT2D eigenvalue weighted by molar-refractivity contribution is 5.96. The molecular formula is C20H19NO5. The van der Waals surface area contributed by atoms with E-state index in [0.29, 0.717) is 29.9 Å². The van der Waals surface area contributed by atoms with Gasteiger partial charge in [0.1, 0.15) is 29.3 Å². The molecule has 0 fully saturated rings. The lowest BCUT2D eigenvalue weighted by Gasteiger charge is -2.17. The summed E-state index contributed by atoms with van der Waals surface area (Å²) < 4.78 is 15.9. The fourth-order valence-electron chi connectivity index (χ4n) is 2.49. The van der Waals surface area contributed by atoms with E-state index in [-0.39, 0.29) is 5.56 Å². The van der Waals surface area contributed by atoms with Gasteiger partial charge in [0.05, 0.1) is 13.7 Å². The molecule has 0 spiro atoms. The van der Waals surface area contributed by atoms with Crippen LogP contribution in [0.4, 0.5) is 0 Å². The monoisotopic (exact) mass is 353 g/mol. The predicted molar refractivity (Wildman–Crippen MR) is 97.9 cm³/mol. The normalized spacial score (nSPS) is 10.5. The van der Waals surface area contributed by atoms with Gasteiger partial charge in [0, 0.05) is 12.4 Å². The minimum Gasteiger partial charge on any atom is -0.497 e. The van der Waals surface area contributed by atoms with Crippen LogP contribution in [0.1, 0.15) is 10.4 Å². The van der Waals surface area contributed by atoms with Gasteiger partial charge in [0.25, 0.3) is 5.91 Å². The van der Waals surface area contributed by atoms with Crippen molar-refractivity contribution in [3.63, 3.8) is 0 Å². The van der Waals surface area contributed by atoms with Crippen molar-refractivity contribution in [2.75, 3.05) is 27.3 Å². The third-order valence-electron chi connectivity index (χ3n) is 3.97. The molecule has 2 aromatic carbocycles. The van der Waals surface area contributed by atoms with Crippen LogP contribution < -0.4 is 15.1 Å². The molecule has 0 saturated carbocycles. The largest absolute Gasteiger partial charge is 0.497 e. The zero-order chi connectivity index (χ0) is 18.5. The second kappa shape index (κ2) is 7.74. The molecule has 0 aliphatic rings. The number of amides is 1. The molecule has 0 atom stereocenters. The van der Waals surface area contributed by atoms with Gasteiger partial charge in [-0.2, -0.15) is 0 Å². The number of carbonyl (C=O) groups is 1. The van der Waals surface area contributed by atoms with E-state index in [9.17, 15) is 9.59 Å². The van der Waals surface area contributed by atoms with Gasteiger partial charge in [-0.3, -0.25) is 4.79 Å². The average molecular weight is 353 g/mol. The van der Waals surface area contributed by atoms with E-state index in [2.05, 4.69) is 0 Å². The van der Waals surface area contributed by atoms with E-state index >= 15 is 0 Å². The van der Waals surface area contributed by atoms with Gasteiger partial charge in [-0.25, -0.2) is 4.79 Å². The third kappa shape index (κ3) is 3.85. The number of nitrogens with zero attached hydrogens (tertiary/aromatic N) is 1. The van der Waals surface area contributed by atoms with Gasteiger partial charge in [-0.05, 0) is 36.4 Å². The molecule has 3 rings (SSSR count). The number of ether oxygens (including phenoxy) is 2. The number of benzene rings is 2. The first-order chi connectivity index (χ1) is 12.6. The number of carbonyl (C=O) groups excluding carboxylic acids is 1. The summed E-state index contributed by atoms with van der Waals surface area (Å²) in [7, 11) is 3.22. The second-order valence-electron chi connectivity index (χ2n) is 5.74. The summed E-state index contributed by atoms with van der Waals surface area (Å²) in [5.74, 6) is 1.02. The minimum absolute atomic E-state index is 0.00986. The smallest absolute Gasteiger partial charge is 0.349 e. The van der Waals surface area contributed by atoms with Crippen LogP contribution in [-0.4, -0.2) is 38.1 Å². The molecule has 0 N–H and O–H groups in total. The van der Waals surface area contributed by atoms with Crippen molar-refractivity contribution in [3.8, 4) is 11.5 Å². The maximum absolute atomic E-state index is 12.5. The Kier molecular flexibility index (Phi) is 5.22. The zero-order valence-corrected chi connectivity index (χ0v) is 14.6. The van der Waals surface area contributed by atoms with E-state index in [4.69, 9.17) is 13.9 Å². The van der Waals surface area contributed by atoms with Crippen LogP contribution in [0.15, 0.2) is 63.8 Å². The lowest BCUT2D eigenvalue weighted by atomic mass is 10.1. The van der Waals surface area contributed by atoms with Crippen LogP contribution in [-0.2, 0) is 0 Å². The molecule has 0 aliphatic heterocycles. The Labute approximate surface area is 150 Å². The molecule has 0 unspecified atom stereocenters. The first-order valence-electron chi connectivity index (χ1n) is 8.13. The topological polar surface area (TPSA) is 69.0 Å². The molecule has 0 saturated heterocycles. The van der Waals surface area contributed by atoms with Crippen LogP contribution >= 0.6 is 0 Å². The highest BCUT2D eigenvalue weighted by atomic mass is 16.5. The summed E-state index contributed by atoms with van der Waals surface area (Å²) in [6.45, 7) is 0.630. The van der Waals surface area contributed by atoms with Crippen molar-refractivity contribution < 1.29 is 18.7 Å². The number of para-hydroxylation sites is 1. The van der Waals surface area contributed by atoms with Crippen molar-refractivity contribution in [1.29, 1.82) is 0 Å². The molecule has 26 heavy (non-hydrogen) atoms. The SMILES string of the molecule is COc1ccc(OCCN(C)C(=O)c2cc3ccccc3oc2=O)cc1. The number of hydrogen-bond acceptors (Lipinski definition) is 5. The molecule has 0 aliphatic carbocycles. The van der Waals surface area contributed by atoms with Crippen LogP contribution in [0, 0.1) is 0 Å². The summed E-state index contributed by atoms with van der Waals surface area (Å²) in [6, 6.07) is 15.8. The first-order valence-corrected chi connectivity index (χ1v) is 8.13. The van der Waals surface area contributed by atoms with E-state index in [1.165, 1.54) is 4.90 Å². The maximum Gasteiger partial charge on any atom is 0.349 e. The lowest BCUT2D eigenvalue weighted by Crippen LogP contribution is -2.33. The molecule has 1 heterocycles. The van der Waals surface area contributed by atoms with Gasteiger partial charge in [-0.15, -0.1) is 0 Å². The Hall–Kier alpha value is -3.28. The number of rotatable bonds is 6. The summed E-state index contributed by atoms with van der Waals surface area (Å²) >= 11 is 0.